The highest BCUT2D eigenvalue weighted by atomic mass is 16.4. The molecule has 0 unspecified atom stereocenters. The summed E-state index contributed by atoms with van der Waals surface area (Å²) in [4.78, 5) is 12.4. The summed E-state index contributed by atoms with van der Waals surface area (Å²) >= 11 is 0. The molecule has 1 aromatic carbocycles. The van der Waals surface area contributed by atoms with Gasteiger partial charge < -0.3 is 9.52 Å². The number of anilines is 1. The lowest BCUT2D eigenvalue weighted by atomic mass is 9.85. The second-order valence-corrected chi connectivity index (χ2v) is 7.80. The Hall–Kier alpha value is -2.23. The first-order valence-corrected chi connectivity index (χ1v) is 7.75. The van der Waals surface area contributed by atoms with Gasteiger partial charge in [-0.05, 0) is 17.5 Å². The van der Waals surface area contributed by atoms with Crippen molar-refractivity contribution < 1.29 is 14.3 Å². The van der Waals surface area contributed by atoms with Gasteiger partial charge in [-0.15, -0.1) is 0 Å². The van der Waals surface area contributed by atoms with Crippen LogP contribution in [0.1, 0.15) is 63.2 Å². The van der Waals surface area contributed by atoms with E-state index in [0.717, 1.165) is 0 Å². The third-order valence-corrected chi connectivity index (χ3v) is 3.58. The number of hydrogen-bond acceptors (Lipinski definition) is 3. The number of carbonyl (C=O) groups is 1. The van der Waals surface area contributed by atoms with Crippen molar-refractivity contribution in [3.8, 4) is 5.75 Å². The number of carbonyl (C=O) groups excluding carboxylic acids is 1. The van der Waals surface area contributed by atoms with Gasteiger partial charge in [-0.2, -0.15) is 0 Å². The van der Waals surface area contributed by atoms with Crippen LogP contribution in [0.5, 0.6) is 5.75 Å². The molecule has 4 nitrogen and oxygen atoms in total. The number of hydrogen-bond donors (Lipinski definition) is 2. The van der Waals surface area contributed by atoms with Gasteiger partial charge in [-0.25, -0.2) is 0 Å². The summed E-state index contributed by atoms with van der Waals surface area (Å²) in [5.74, 6) is 0.651. The van der Waals surface area contributed by atoms with Crippen LogP contribution in [0.2, 0.25) is 0 Å². The standard InChI is InChI=1S/C19H25NO3/c1-18(2,3)13-14(21)15(19(4,5)6)23-17(13)20-16(22)12-10-8-7-9-11-12/h7-11,21H,1-6H3,(H,20,22). The molecule has 0 saturated carbocycles. The van der Waals surface area contributed by atoms with Crippen molar-refractivity contribution >= 4 is 11.8 Å². The largest absolute Gasteiger partial charge is 0.504 e. The first kappa shape index (κ1) is 17.1. The summed E-state index contributed by atoms with van der Waals surface area (Å²) in [6.45, 7) is 11.8. The van der Waals surface area contributed by atoms with E-state index in [4.69, 9.17) is 4.42 Å². The Morgan fingerprint density at radius 2 is 1.57 bits per heavy atom. The van der Waals surface area contributed by atoms with Gasteiger partial charge in [0, 0.05) is 11.0 Å². The average Bonchev–Trinajstić information content (AvgIpc) is 2.76. The van der Waals surface area contributed by atoms with E-state index < -0.39 is 0 Å². The number of furan rings is 1. The zero-order valence-electron chi connectivity index (χ0n) is 14.7. The van der Waals surface area contributed by atoms with Crippen LogP contribution in [0.4, 0.5) is 5.88 Å². The summed E-state index contributed by atoms with van der Waals surface area (Å²) in [5.41, 5.74) is 0.434. The molecule has 2 rings (SSSR count). The average molecular weight is 315 g/mol. The Balaban J connectivity index is 2.48. The molecule has 0 saturated heterocycles. The van der Waals surface area contributed by atoms with E-state index in [1.165, 1.54) is 0 Å². The number of amides is 1. The van der Waals surface area contributed by atoms with E-state index in [0.29, 0.717) is 22.8 Å². The molecule has 1 heterocycles. The first-order valence-electron chi connectivity index (χ1n) is 7.75. The van der Waals surface area contributed by atoms with Crippen molar-refractivity contribution in [3.05, 3.63) is 47.2 Å². The van der Waals surface area contributed by atoms with Gasteiger partial charge in [0.05, 0.1) is 5.56 Å². The lowest BCUT2D eigenvalue weighted by Crippen LogP contribution is -2.17. The van der Waals surface area contributed by atoms with Crippen LogP contribution in [0, 0.1) is 0 Å². The highest BCUT2D eigenvalue weighted by Crippen LogP contribution is 2.45. The van der Waals surface area contributed by atoms with Crippen LogP contribution in [-0.2, 0) is 10.8 Å². The molecular formula is C19H25NO3. The lowest BCUT2D eigenvalue weighted by Gasteiger charge is -2.19. The minimum atomic E-state index is -0.365. The number of benzene rings is 1. The molecule has 1 amide bonds. The monoisotopic (exact) mass is 315 g/mol. The number of rotatable bonds is 2. The first-order chi connectivity index (χ1) is 10.5. The predicted molar refractivity (Wildman–Crippen MR) is 92.2 cm³/mol. The summed E-state index contributed by atoms with van der Waals surface area (Å²) in [6, 6.07) is 8.94. The normalized spacial score (nSPS) is 12.3. The quantitative estimate of drug-likeness (QED) is 0.834. The van der Waals surface area contributed by atoms with E-state index >= 15 is 0 Å². The Labute approximate surface area is 137 Å². The smallest absolute Gasteiger partial charge is 0.257 e. The van der Waals surface area contributed by atoms with Gasteiger partial charge in [0.25, 0.3) is 5.91 Å². The summed E-state index contributed by atoms with van der Waals surface area (Å²) < 4.78 is 5.85. The highest BCUT2D eigenvalue weighted by Gasteiger charge is 2.34. The third-order valence-electron chi connectivity index (χ3n) is 3.58. The third kappa shape index (κ3) is 3.58. The van der Waals surface area contributed by atoms with E-state index in [1.807, 2.05) is 47.6 Å². The molecule has 0 bridgehead atoms. The maximum absolute atomic E-state index is 12.4. The van der Waals surface area contributed by atoms with Crippen molar-refractivity contribution in [3.63, 3.8) is 0 Å². The summed E-state index contributed by atoms with van der Waals surface area (Å²) in [5, 5.41) is 13.4. The van der Waals surface area contributed by atoms with E-state index in [9.17, 15) is 9.90 Å². The molecule has 0 aliphatic carbocycles. The van der Waals surface area contributed by atoms with E-state index in [1.54, 1.807) is 24.3 Å². The number of nitrogens with one attached hydrogen (secondary N) is 1. The maximum atomic E-state index is 12.4. The van der Waals surface area contributed by atoms with Gasteiger partial charge in [0.1, 0.15) is 0 Å². The van der Waals surface area contributed by atoms with Crippen molar-refractivity contribution in [1.82, 2.24) is 0 Å². The second-order valence-electron chi connectivity index (χ2n) is 7.80. The molecule has 23 heavy (non-hydrogen) atoms. The molecule has 0 atom stereocenters. The molecule has 1 aromatic heterocycles. The molecule has 0 fully saturated rings. The van der Waals surface area contributed by atoms with Gasteiger partial charge in [0.2, 0.25) is 5.88 Å². The fourth-order valence-corrected chi connectivity index (χ4v) is 2.48. The molecule has 4 heteroatoms. The SMILES string of the molecule is CC(C)(C)c1oc(NC(=O)c2ccccc2)c(C(C)(C)C)c1O. The Bertz CT molecular complexity index is 701. The fourth-order valence-electron chi connectivity index (χ4n) is 2.48. The number of aromatic hydroxyl groups is 1. The Morgan fingerprint density at radius 1 is 1.00 bits per heavy atom. The maximum Gasteiger partial charge on any atom is 0.257 e. The van der Waals surface area contributed by atoms with Gasteiger partial charge in [-0.3, -0.25) is 10.1 Å². The van der Waals surface area contributed by atoms with Crippen LogP contribution in [-0.4, -0.2) is 11.0 Å². The fraction of sp³-hybridized carbons (Fsp3) is 0.421. The minimum absolute atomic E-state index is 0.119. The molecule has 0 aliphatic heterocycles. The summed E-state index contributed by atoms with van der Waals surface area (Å²) in [7, 11) is 0. The van der Waals surface area contributed by atoms with Crippen molar-refractivity contribution in [2.45, 2.75) is 52.4 Å². The van der Waals surface area contributed by atoms with Crippen LogP contribution < -0.4 is 5.32 Å². The zero-order valence-corrected chi connectivity index (χ0v) is 14.7. The molecule has 0 spiro atoms. The molecule has 2 N–H and O–H groups in total. The van der Waals surface area contributed by atoms with Crippen LogP contribution >= 0.6 is 0 Å². The predicted octanol–water partition coefficient (Wildman–Crippen LogP) is 4.83. The Morgan fingerprint density at radius 3 is 2.04 bits per heavy atom. The zero-order chi connectivity index (χ0) is 17.4. The topological polar surface area (TPSA) is 62.5 Å². The molecule has 124 valence electrons. The van der Waals surface area contributed by atoms with E-state index in [2.05, 4.69) is 5.32 Å². The lowest BCUT2D eigenvalue weighted by molar-refractivity contribution is 0.102. The van der Waals surface area contributed by atoms with Gasteiger partial charge in [0.15, 0.2) is 11.5 Å². The molecule has 0 aliphatic rings. The highest BCUT2D eigenvalue weighted by molar-refractivity contribution is 6.04. The second kappa shape index (κ2) is 5.76. The molecule has 0 radical (unpaired) electrons. The van der Waals surface area contributed by atoms with E-state index in [-0.39, 0.29) is 22.5 Å². The van der Waals surface area contributed by atoms with Gasteiger partial charge in [-0.1, -0.05) is 59.7 Å². The van der Waals surface area contributed by atoms with Gasteiger partial charge >= 0.3 is 0 Å². The van der Waals surface area contributed by atoms with Crippen LogP contribution in [0.25, 0.3) is 0 Å². The molecule has 2 aromatic rings. The van der Waals surface area contributed by atoms with Crippen LogP contribution in [0.15, 0.2) is 34.7 Å². The molecular weight excluding hydrogens is 290 g/mol. The van der Waals surface area contributed by atoms with Crippen molar-refractivity contribution in [1.29, 1.82) is 0 Å². The van der Waals surface area contributed by atoms with Crippen molar-refractivity contribution in [2.24, 2.45) is 0 Å². The Kier molecular flexibility index (Phi) is 4.29. The minimum Gasteiger partial charge on any atom is -0.504 e. The van der Waals surface area contributed by atoms with Crippen LogP contribution in [0.3, 0.4) is 0 Å². The van der Waals surface area contributed by atoms with Crippen molar-refractivity contribution in [2.75, 3.05) is 5.32 Å². The summed E-state index contributed by atoms with van der Waals surface area (Å²) in [6.07, 6.45) is 0.